The summed E-state index contributed by atoms with van der Waals surface area (Å²) in [6.45, 7) is 8.58. The van der Waals surface area contributed by atoms with Gasteiger partial charge in [-0.3, -0.25) is 14.5 Å². The molecule has 2 saturated heterocycles. The average Bonchev–Trinajstić information content (AvgIpc) is 3.33. The third kappa shape index (κ3) is 5.42. The van der Waals surface area contributed by atoms with Gasteiger partial charge in [0.2, 0.25) is 11.8 Å². The highest BCUT2D eigenvalue weighted by molar-refractivity contribution is 5.90. The fraction of sp³-hybridized carbons (Fsp3) is 0.810. The molecule has 10 nitrogen and oxygen atoms in total. The number of hydrogen-bond acceptors (Lipinski definition) is 7. The molecule has 0 aromatic carbocycles. The molecular weight excluding hydrogens is 400 g/mol. The first-order valence-corrected chi connectivity index (χ1v) is 11.0. The zero-order chi connectivity index (χ0) is 22.8. The van der Waals surface area contributed by atoms with Crippen LogP contribution in [0.1, 0.15) is 51.8 Å². The number of likely N-dealkylation sites (N-methyl/N-ethyl adjacent to an activating group) is 1. The van der Waals surface area contributed by atoms with Gasteiger partial charge in [-0.1, -0.05) is 26.0 Å². The molecule has 3 atom stereocenters. The third-order valence-electron chi connectivity index (χ3n) is 6.24. The van der Waals surface area contributed by atoms with E-state index in [1.807, 2.05) is 27.0 Å². The first-order valence-electron chi connectivity index (χ1n) is 11.0. The lowest BCUT2D eigenvalue weighted by molar-refractivity contribution is -0.144. The largest absolute Gasteiger partial charge is 0.391 e. The number of amides is 2. The molecule has 2 aliphatic rings. The van der Waals surface area contributed by atoms with Crippen LogP contribution in [0.2, 0.25) is 0 Å². The number of hydrogen-bond donors (Lipinski definition) is 2. The van der Waals surface area contributed by atoms with Gasteiger partial charge in [0.05, 0.1) is 24.1 Å². The van der Waals surface area contributed by atoms with E-state index in [0.717, 1.165) is 31.6 Å². The Morgan fingerprint density at radius 1 is 1.32 bits per heavy atom. The second kappa shape index (κ2) is 9.62. The summed E-state index contributed by atoms with van der Waals surface area (Å²) in [5.41, 5.74) is 0.349. The average molecular weight is 437 g/mol. The number of nitrogens with one attached hydrogen (secondary N) is 1. The monoisotopic (exact) mass is 436 g/mol. The number of aromatic nitrogens is 3. The van der Waals surface area contributed by atoms with Crippen molar-refractivity contribution in [1.82, 2.24) is 30.1 Å². The molecule has 174 valence electrons. The zero-order valence-electron chi connectivity index (χ0n) is 19.2. The Kier molecular flexibility index (Phi) is 7.33. The van der Waals surface area contributed by atoms with Gasteiger partial charge in [-0.2, -0.15) is 0 Å². The number of β-amino-alcohol motifs (C(OH)–C–C–N with tert-alkyl or cyclic N) is 1. The summed E-state index contributed by atoms with van der Waals surface area (Å²) in [5.74, 6) is -0.494. The molecule has 3 rings (SSSR count). The van der Waals surface area contributed by atoms with Gasteiger partial charge in [-0.15, -0.1) is 5.10 Å². The van der Waals surface area contributed by atoms with E-state index in [1.54, 1.807) is 11.8 Å². The molecule has 0 saturated carbocycles. The van der Waals surface area contributed by atoms with Gasteiger partial charge in [0.15, 0.2) is 0 Å². The highest BCUT2D eigenvalue weighted by Gasteiger charge is 2.45. The van der Waals surface area contributed by atoms with E-state index in [4.69, 9.17) is 4.74 Å². The van der Waals surface area contributed by atoms with Crippen LogP contribution < -0.4 is 5.32 Å². The number of rotatable bonds is 6. The van der Waals surface area contributed by atoms with Crippen LogP contribution in [-0.2, 0) is 20.9 Å². The lowest BCUT2D eigenvalue weighted by atomic mass is 9.85. The lowest BCUT2D eigenvalue weighted by Gasteiger charge is -2.34. The number of likely N-dealkylation sites (tertiary alicyclic amines) is 2. The maximum atomic E-state index is 13.6. The molecule has 10 heteroatoms. The normalized spacial score (nSPS) is 24.4. The van der Waals surface area contributed by atoms with Crippen molar-refractivity contribution < 1.29 is 19.4 Å². The quantitative estimate of drug-likeness (QED) is 0.654. The third-order valence-corrected chi connectivity index (χ3v) is 6.24. The molecule has 31 heavy (non-hydrogen) atoms. The van der Waals surface area contributed by atoms with E-state index in [-0.39, 0.29) is 24.8 Å². The fourth-order valence-electron chi connectivity index (χ4n) is 4.55. The highest BCUT2D eigenvalue weighted by atomic mass is 16.5. The number of carbonyl (C=O) groups excluding carboxylic acids is 2. The molecule has 2 N–H and O–H groups in total. The van der Waals surface area contributed by atoms with E-state index in [2.05, 4.69) is 20.5 Å². The van der Waals surface area contributed by atoms with Gasteiger partial charge >= 0.3 is 0 Å². The molecule has 0 aliphatic carbocycles. The van der Waals surface area contributed by atoms with E-state index in [1.165, 1.54) is 11.9 Å². The van der Waals surface area contributed by atoms with Gasteiger partial charge < -0.3 is 20.1 Å². The number of aliphatic hydroxyl groups is 1. The molecule has 0 bridgehead atoms. The number of nitrogens with zero attached hydrogens (tertiary/aromatic N) is 5. The molecule has 1 aromatic heterocycles. The van der Waals surface area contributed by atoms with Crippen molar-refractivity contribution in [3.63, 3.8) is 0 Å². The number of piperidine rings is 1. The molecule has 2 fully saturated rings. The number of aliphatic hydroxyl groups excluding tert-OH is 1. The van der Waals surface area contributed by atoms with Gasteiger partial charge in [0.1, 0.15) is 12.1 Å². The van der Waals surface area contributed by atoms with Crippen LogP contribution in [0, 0.1) is 5.41 Å². The van der Waals surface area contributed by atoms with Crippen LogP contribution in [-0.4, -0.2) is 93.8 Å². The molecule has 0 radical (unpaired) electrons. The Hall–Kier alpha value is -2.04. The van der Waals surface area contributed by atoms with E-state index < -0.39 is 23.6 Å². The molecule has 3 heterocycles. The molecule has 2 aliphatic heterocycles. The van der Waals surface area contributed by atoms with Crippen molar-refractivity contribution in [2.75, 3.05) is 33.8 Å². The number of ether oxygens (including phenoxy) is 1. The molecular formula is C21H36N6O4. The van der Waals surface area contributed by atoms with Gasteiger partial charge in [0.25, 0.3) is 0 Å². The van der Waals surface area contributed by atoms with Crippen molar-refractivity contribution in [2.24, 2.45) is 5.41 Å². The standard InChI is InChI=1S/C21H36N6O4/c1-21(2,3)18(20(30)26-13-15(28)10-17(26)19(29)22-4)27-12-14(23-24-27)11-25-8-6-16(31-5)7-9-25/h12,15-18,28H,6-11,13H2,1-5H3,(H,22,29)/t15-,17+,18-/m1/s1. The Labute approximate surface area is 183 Å². The second-order valence-corrected chi connectivity index (χ2v) is 9.68. The van der Waals surface area contributed by atoms with E-state index in [0.29, 0.717) is 12.6 Å². The summed E-state index contributed by atoms with van der Waals surface area (Å²) >= 11 is 0. The minimum atomic E-state index is -0.715. The van der Waals surface area contributed by atoms with E-state index in [9.17, 15) is 14.7 Å². The minimum Gasteiger partial charge on any atom is -0.391 e. The first-order chi connectivity index (χ1) is 14.6. The first kappa shape index (κ1) is 23.6. The van der Waals surface area contributed by atoms with Crippen molar-refractivity contribution in [2.45, 2.75) is 70.9 Å². The second-order valence-electron chi connectivity index (χ2n) is 9.68. The van der Waals surface area contributed by atoms with Crippen LogP contribution >= 0.6 is 0 Å². The topological polar surface area (TPSA) is 113 Å². The SMILES string of the molecule is CNC(=O)[C@@H]1C[C@@H](O)CN1C(=O)[C@@H](n1cc(CN2CCC(OC)CC2)nn1)C(C)(C)C. The summed E-state index contributed by atoms with van der Waals surface area (Å²) in [6, 6.07) is -1.31. The van der Waals surface area contributed by atoms with E-state index >= 15 is 0 Å². The molecule has 1 aromatic rings. The smallest absolute Gasteiger partial charge is 0.248 e. The molecule has 0 unspecified atom stereocenters. The molecule has 2 amide bonds. The summed E-state index contributed by atoms with van der Waals surface area (Å²) in [4.78, 5) is 29.6. The Morgan fingerprint density at radius 3 is 2.58 bits per heavy atom. The van der Waals surface area contributed by atoms with Gasteiger partial charge in [-0.25, -0.2) is 4.68 Å². The summed E-state index contributed by atoms with van der Waals surface area (Å²) in [5, 5.41) is 21.3. The summed E-state index contributed by atoms with van der Waals surface area (Å²) in [6.07, 6.45) is 3.66. The van der Waals surface area contributed by atoms with Crippen molar-refractivity contribution in [3.8, 4) is 0 Å². The fourth-order valence-corrected chi connectivity index (χ4v) is 4.55. The summed E-state index contributed by atoms with van der Waals surface area (Å²) < 4.78 is 7.05. The van der Waals surface area contributed by atoms with Crippen molar-refractivity contribution >= 4 is 11.8 Å². The maximum Gasteiger partial charge on any atom is 0.248 e. The number of methoxy groups -OCH3 is 1. The van der Waals surface area contributed by atoms with Crippen LogP contribution in [0.3, 0.4) is 0 Å². The zero-order valence-corrected chi connectivity index (χ0v) is 19.2. The van der Waals surface area contributed by atoms with Gasteiger partial charge in [0, 0.05) is 46.8 Å². The highest BCUT2D eigenvalue weighted by Crippen LogP contribution is 2.34. The van der Waals surface area contributed by atoms with Crippen molar-refractivity contribution in [1.29, 1.82) is 0 Å². The minimum absolute atomic E-state index is 0.138. The van der Waals surface area contributed by atoms with Crippen LogP contribution in [0.5, 0.6) is 0 Å². The van der Waals surface area contributed by atoms with Crippen molar-refractivity contribution in [3.05, 3.63) is 11.9 Å². The lowest BCUT2D eigenvalue weighted by Crippen LogP contribution is -2.49. The van der Waals surface area contributed by atoms with Crippen LogP contribution in [0.25, 0.3) is 0 Å². The maximum absolute atomic E-state index is 13.6. The Bertz CT molecular complexity index is 768. The summed E-state index contributed by atoms with van der Waals surface area (Å²) in [7, 11) is 3.29. The predicted octanol–water partition coefficient (Wildman–Crippen LogP) is 0.184. The van der Waals surface area contributed by atoms with Crippen LogP contribution in [0.4, 0.5) is 0 Å². The molecule has 0 spiro atoms. The number of carbonyl (C=O) groups is 2. The predicted molar refractivity (Wildman–Crippen MR) is 114 cm³/mol. The Balaban J connectivity index is 1.76. The van der Waals surface area contributed by atoms with Crippen LogP contribution in [0.15, 0.2) is 6.20 Å². The Morgan fingerprint density at radius 2 is 2.00 bits per heavy atom. The van der Waals surface area contributed by atoms with Gasteiger partial charge in [-0.05, 0) is 18.3 Å².